The SMILES string of the molecule is NCCc1c(Cl)cccc1OCc1cc(F)ccc1F. The Kier molecular flexibility index (Phi) is 4.93. The molecule has 2 rings (SSSR count). The summed E-state index contributed by atoms with van der Waals surface area (Å²) in [5, 5.41) is 0.549. The van der Waals surface area contributed by atoms with Gasteiger partial charge in [0.05, 0.1) is 0 Å². The fourth-order valence-electron chi connectivity index (χ4n) is 1.87. The predicted octanol–water partition coefficient (Wildman–Crippen LogP) is 3.70. The molecule has 5 heteroatoms. The van der Waals surface area contributed by atoms with Crippen LogP contribution in [-0.4, -0.2) is 6.54 Å². The Hall–Kier alpha value is -1.65. The van der Waals surface area contributed by atoms with E-state index in [0.29, 0.717) is 23.7 Å². The summed E-state index contributed by atoms with van der Waals surface area (Å²) in [7, 11) is 0. The van der Waals surface area contributed by atoms with Gasteiger partial charge in [0.25, 0.3) is 0 Å². The van der Waals surface area contributed by atoms with Crippen molar-refractivity contribution in [1.29, 1.82) is 0 Å². The molecule has 2 aromatic carbocycles. The van der Waals surface area contributed by atoms with Crippen molar-refractivity contribution in [1.82, 2.24) is 0 Å². The summed E-state index contributed by atoms with van der Waals surface area (Å²) < 4.78 is 32.1. The van der Waals surface area contributed by atoms with Crippen molar-refractivity contribution in [2.45, 2.75) is 13.0 Å². The molecule has 0 bridgehead atoms. The second kappa shape index (κ2) is 6.68. The van der Waals surface area contributed by atoms with E-state index in [1.807, 2.05) is 0 Å². The highest BCUT2D eigenvalue weighted by Gasteiger charge is 2.10. The van der Waals surface area contributed by atoms with E-state index in [1.54, 1.807) is 18.2 Å². The summed E-state index contributed by atoms with van der Waals surface area (Å²) in [5.41, 5.74) is 6.45. The first-order valence-corrected chi connectivity index (χ1v) is 6.54. The van der Waals surface area contributed by atoms with Crippen LogP contribution in [0.25, 0.3) is 0 Å². The molecule has 0 spiro atoms. The van der Waals surface area contributed by atoms with Crippen molar-refractivity contribution >= 4 is 11.6 Å². The van der Waals surface area contributed by atoms with Gasteiger partial charge in [0.2, 0.25) is 0 Å². The maximum atomic E-state index is 13.5. The zero-order valence-corrected chi connectivity index (χ0v) is 11.5. The van der Waals surface area contributed by atoms with Crippen LogP contribution in [-0.2, 0) is 13.0 Å². The quantitative estimate of drug-likeness (QED) is 0.913. The predicted molar refractivity (Wildman–Crippen MR) is 74.9 cm³/mol. The first-order valence-electron chi connectivity index (χ1n) is 6.16. The fourth-order valence-corrected chi connectivity index (χ4v) is 2.13. The second-order valence-electron chi connectivity index (χ2n) is 4.28. The zero-order valence-electron chi connectivity index (χ0n) is 10.7. The van der Waals surface area contributed by atoms with Gasteiger partial charge >= 0.3 is 0 Å². The van der Waals surface area contributed by atoms with Crippen molar-refractivity contribution in [3.63, 3.8) is 0 Å². The minimum absolute atomic E-state index is 0.0679. The van der Waals surface area contributed by atoms with Crippen molar-refractivity contribution in [2.75, 3.05) is 6.54 Å². The normalized spacial score (nSPS) is 10.6. The third-order valence-corrected chi connectivity index (χ3v) is 3.22. The monoisotopic (exact) mass is 297 g/mol. The number of halogens is 3. The smallest absolute Gasteiger partial charge is 0.130 e. The van der Waals surface area contributed by atoms with Crippen LogP contribution in [0.4, 0.5) is 8.78 Å². The Morgan fingerprint density at radius 2 is 1.95 bits per heavy atom. The Morgan fingerprint density at radius 1 is 1.15 bits per heavy atom. The van der Waals surface area contributed by atoms with Crippen LogP contribution >= 0.6 is 11.6 Å². The third kappa shape index (κ3) is 3.46. The number of rotatable bonds is 5. The van der Waals surface area contributed by atoms with Crippen LogP contribution in [0.1, 0.15) is 11.1 Å². The fraction of sp³-hybridized carbons (Fsp3) is 0.200. The molecule has 0 aliphatic heterocycles. The molecule has 2 aromatic rings. The van der Waals surface area contributed by atoms with Crippen LogP contribution in [0.5, 0.6) is 5.75 Å². The Labute approximate surface area is 121 Å². The molecule has 0 radical (unpaired) electrons. The molecule has 2 nitrogen and oxygen atoms in total. The number of nitrogens with two attached hydrogens (primary N) is 1. The van der Waals surface area contributed by atoms with Crippen LogP contribution in [0.2, 0.25) is 5.02 Å². The van der Waals surface area contributed by atoms with Gasteiger partial charge in [0.1, 0.15) is 24.0 Å². The van der Waals surface area contributed by atoms with Gasteiger partial charge in [0.15, 0.2) is 0 Å². The summed E-state index contributed by atoms with van der Waals surface area (Å²) >= 11 is 6.08. The molecule has 0 unspecified atom stereocenters. The Bertz CT molecular complexity index is 604. The molecule has 0 amide bonds. The topological polar surface area (TPSA) is 35.2 Å². The van der Waals surface area contributed by atoms with Gasteiger partial charge in [-0.1, -0.05) is 17.7 Å². The molecule has 0 atom stereocenters. The molecule has 0 aromatic heterocycles. The van der Waals surface area contributed by atoms with E-state index in [-0.39, 0.29) is 12.2 Å². The van der Waals surface area contributed by atoms with Gasteiger partial charge in [-0.3, -0.25) is 0 Å². The number of ether oxygens (including phenoxy) is 1. The molecule has 0 aliphatic carbocycles. The van der Waals surface area contributed by atoms with Crippen molar-refractivity contribution in [3.05, 3.63) is 64.2 Å². The Morgan fingerprint density at radius 3 is 2.70 bits per heavy atom. The lowest BCUT2D eigenvalue weighted by Gasteiger charge is -2.13. The van der Waals surface area contributed by atoms with Crippen LogP contribution < -0.4 is 10.5 Å². The highest BCUT2D eigenvalue weighted by molar-refractivity contribution is 6.31. The molecule has 0 fully saturated rings. The van der Waals surface area contributed by atoms with Crippen molar-refractivity contribution in [3.8, 4) is 5.75 Å². The van der Waals surface area contributed by atoms with E-state index < -0.39 is 11.6 Å². The summed E-state index contributed by atoms with van der Waals surface area (Å²) in [6.45, 7) is 0.357. The molecule has 2 N–H and O–H groups in total. The van der Waals surface area contributed by atoms with Crippen molar-refractivity contribution < 1.29 is 13.5 Å². The van der Waals surface area contributed by atoms with Gasteiger partial charge in [0, 0.05) is 16.1 Å². The van der Waals surface area contributed by atoms with Gasteiger partial charge in [-0.2, -0.15) is 0 Å². The van der Waals surface area contributed by atoms with E-state index in [4.69, 9.17) is 22.1 Å². The summed E-state index contributed by atoms with van der Waals surface area (Å²) in [6, 6.07) is 8.46. The lowest BCUT2D eigenvalue weighted by molar-refractivity contribution is 0.296. The molecule has 0 saturated heterocycles. The van der Waals surface area contributed by atoms with Crippen LogP contribution in [0.15, 0.2) is 36.4 Å². The molecule has 20 heavy (non-hydrogen) atoms. The van der Waals surface area contributed by atoms with E-state index in [0.717, 1.165) is 23.8 Å². The van der Waals surface area contributed by atoms with E-state index in [2.05, 4.69) is 0 Å². The maximum Gasteiger partial charge on any atom is 0.130 e. The number of benzene rings is 2. The van der Waals surface area contributed by atoms with Gasteiger partial charge < -0.3 is 10.5 Å². The maximum absolute atomic E-state index is 13.5. The molecule has 0 aliphatic rings. The van der Waals surface area contributed by atoms with Gasteiger partial charge in [-0.15, -0.1) is 0 Å². The largest absolute Gasteiger partial charge is 0.488 e. The third-order valence-electron chi connectivity index (χ3n) is 2.86. The first kappa shape index (κ1) is 14.8. The van der Waals surface area contributed by atoms with Crippen LogP contribution in [0, 0.1) is 11.6 Å². The average Bonchev–Trinajstić information content (AvgIpc) is 2.43. The molecular formula is C15H14ClF2NO. The highest BCUT2D eigenvalue weighted by atomic mass is 35.5. The minimum atomic E-state index is -0.506. The summed E-state index contributed by atoms with van der Waals surface area (Å²) in [4.78, 5) is 0. The molecule has 0 saturated carbocycles. The molecule has 106 valence electrons. The van der Waals surface area contributed by atoms with Gasteiger partial charge in [-0.25, -0.2) is 8.78 Å². The number of hydrogen-bond donors (Lipinski definition) is 1. The summed E-state index contributed by atoms with van der Waals surface area (Å²) in [6.07, 6.45) is 0.556. The van der Waals surface area contributed by atoms with Gasteiger partial charge in [-0.05, 0) is 43.3 Å². The average molecular weight is 298 g/mol. The standard InChI is InChI=1S/C15H14ClF2NO/c16-13-2-1-3-15(12(13)6-7-19)20-9-10-8-11(17)4-5-14(10)18/h1-5,8H,6-7,9,19H2. The van der Waals surface area contributed by atoms with E-state index in [9.17, 15) is 8.78 Å². The molecular weight excluding hydrogens is 284 g/mol. The van der Waals surface area contributed by atoms with E-state index in [1.165, 1.54) is 0 Å². The first-order chi connectivity index (χ1) is 9.61. The minimum Gasteiger partial charge on any atom is -0.488 e. The highest BCUT2D eigenvalue weighted by Crippen LogP contribution is 2.27. The zero-order chi connectivity index (χ0) is 14.5. The second-order valence-corrected chi connectivity index (χ2v) is 4.69. The molecule has 0 heterocycles. The number of hydrogen-bond acceptors (Lipinski definition) is 2. The van der Waals surface area contributed by atoms with Crippen molar-refractivity contribution in [2.24, 2.45) is 5.73 Å². The van der Waals surface area contributed by atoms with E-state index >= 15 is 0 Å². The Balaban J connectivity index is 2.18. The lowest BCUT2D eigenvalue weighted by Crippen LogP contribution is -2.06. The summed E-state index contributed by atoms with van der Waals surface area (Å²) in [5.74, 6) is -0.473. The lowest BCUT2D eigenvalue weighted by atomic mass is 10.1. The van der Waals surface area contributed by atoms with Crippen LogP contribution in [0.3, 0.4) is 0 Å².